The third-order valence-corrected chi connectivity index (χ3v) is 5.04. The van der Waals surface area contributed by atoms with Crippen LogP contribution in [0.25, 0.3) is 0 Å². The minimum Gasteiger partial charge on any atom is -0.493 e. The molecule has 2 unspecified atom stereocenters. The van der Waals surface area contributed by atoms with E-state index in [1.807, 2.05) is 42.5 Å². The van der Waals surface area contributed by atoms with Crippen molar-refractivity contribution < 1.29 is 9.53 Å². The summed E-state index contributed by atoms with van der Waals surface area (Å²) in [6.07, 6.45) is 0.886. The number of nitrogens with two attached hydrogens (primary N) is 1. The van der Waals surface area contributed by atoms with Gasteiger partial charge in [0.15, 0.2) is 0 Å². The lowest BCUT2D eigenvalue weighted by Gasteiger charge is -2.29. The molecule has 2 atom stereocenters. The molecule has 4 nitrogen and oxygen atoms in total. The zero-order chi connectivity index (χ0) is 17.2. The molecule has 1 aliphatic rings. The topological polar surface area (TPSA) is 64.4 Å². The van der Waals surface area contributed by atoms with Crippen LogP contribution in [0.3, 0.4) is 0 Å². The molecule has 2 aromatic rings. The number of fused-ring (bicyclic) bond motifs is 1. The fraction of sp³-hybridized carbons (Fsp3) is 0.316. The Morgan fingerprint density at radius 1 is 1.28 bits per heavy atom. The van der Waals surface area contributed by atoms with Crippen LogP contribution in [-0.2, 0) is 10.3 Å². The molecule has 1 amide bonds. The summed E-state index contributed by atoms with van der Waals surface area (Å²) in [6.45, 7) is 2.97. The summed E-state index contributed by atoms with van der Waals surface area (Å²) in [5, 5.41) is 3.02. The number of nitrogens with one attached hydrogen (secondary N) is 1. The van der Waals surface area contributed by atoms with Gasteiger partial charge in [-0.05, 0) is 42.7 Å². The van der Waals surface area contributed by atoms with Crippen molar-refractivity contribution in [2.24, 2.45) is 5.73 Å². The van der Waals surface area contributed by atoms with E-state index >= 15 is 0 Å². The fourth-order valence-corrected chi connectivity index (χ4v) is 3.22. The van der Waals surface area contributed by atoms with Gasteiger partial charge in [0, 0.05) is 16.9 Å². The molecule has 134 valence electrons. The van der Waals surface area contributed by atoms with E-state index in [4.69, 9.17) is 10.5 Å². The first kappa shape index (κ1) is 19.8. The zero-order valence-electron chi connectivity index (χ0n) is 14.0. The average Bonchev–Trinajstić information content (AvgIpc) is 2.60. The molecule has 0 aromatic heterocycles. The van der Waals surface area contributed by atoms with Gasteiger partial charge in [-0.15, -0.1) is 12.4 Å². The van der Waals surface area contributed by atoms with Gasteiger partial charge in [0.05, 0.1) is 6.61 Å². The number of rotatable bonds is 4. The molecule has 0 saturated carbocycles. The van der Waals surface area contributed by atoms with Gasteiger partial charge in [0.2, 0.25) is 5.91 Å². The van der Waals surface area contributed by atoms with Crippen LogP contribution >= 0.6 is 28.3 Å². The van der Waals surface area contributed by atoms with Crippen molar-refractivity contribution >= 4 is 34.2 Å². The number of ether oxygens (including phenoxy) is 1. The Balaban J connectivity index is 0.00000225. The number of halogens is 2. The number of hydrogen-bond donors (Lipinski definition) is 2. The van der Waals surface area contributed by atoms with Gasteiger partial charge in [-0.1, -0.05) is 46.3 Å². The third-order valence-electron chi connectivity index (χ3n) is 4.51. The normalized spacial score (nSPS) is 18.1. The van der Waals surface area contributed by atoms with Crippen LogP contribution in [0.15, 0.2) is 53.0 Å². The standard InChI is InChI=1S/C19H21BrN2O2.ClH/c1-19(21,14-6-8-15(20)9-7-14)18(23)22-12-13-10-11-24-17-5-3-2-4-16(13)17;/h2-9,13H,10-12,21H2,1H3,(H,22,23);1H. The minimum absolute atomic E-state index is 0. The molecule has 25 heavy (non-hydrogen) atoms. The fourth-order valence-electron chi connectivity index (χ4n) is 2.95. The van der Waals surface area contributed by atoms with Crippen LogP contribution in [0, 0.1) is 0 Å². The van der Waals surface area contributed by atoms with Gasteiger partial charge < -0.3 is 15.8 Å². The van der Waals surface area contributed by atoms with Crippen LogP contribution in [-0.4, -0.2) is 19.1 Å². The summed E-state index contributed by atoms with van der Waals surface area (Å²) in [5.41, 5.74) is 7.16. The Labute approximate surface area is 162 Å². The van der Waals surface area contributed by atoms with Crippen molar-refractivity contribution in [1.29, 1.82) is 0 Å². The molecule has 0 bridgehead atoms. The van der Waals surface area contributed by atoms with E-state index < -0.39 is 5.54 Å². The minimum atomic E-state index is -1.06. The van der Waals surface area contributed by atoms with Crippen LogP contribution in [0.4, 0.5) is 0 Å². The second kappa shape index (κ2) is 8.21. The predicted molar refractivity (Wildman–Crippen MR) is 105 cm³/mol. The largest absolute Gasteiger partial charge is 0.493 e. The van der Waals surface area contributed by atoms with E-state index in [1.54, 1.807) is 6.92 Å². The summed E-state index contributed by atoms with van der Waals surface area (Å²) < 4.78 is 6.63. The molecule has 0 spiro atoms. The maximum Gasteiger partial charge on any atom is 0.244 e. The lowest BCUT2D eigenvalue weighted by Crippen LogP contribution is -2.50. The van der Waals surface area contributed by atoms with Gasteiger partial charge in [-0.2, -0.15) is 0 Å². The Morgan fingerprint density at radius 2 is 1.96 bits per heavy atom. The van der Waals surface area contributed by atoms with E-state index in [0.29, 0.717) is 13.2 Å². The molecule has 0 aliphatic carbocycles. The second-order valence-corrected chi connectivity index (χ2v) is 7.21. The molecule has 3 N–H and O–H groups in total. The summed E-state index contributed by atoms with van der Waals surface area (Å²) in [6, 6.07) is 15.5. The molecule has 0 radical (unpaired) electrons. The summed E-state index contributed by atoms with van der Waals surface area (Å²) in [7, 11) is 0. The predicted octanol–water partition coefficient (Wildman–Crippen LogP) is 3.73. The maximum absolute atomic E-state index is 12.6. The molecular weight excluding hydrogens is 404 g/mol. The van der Waals surface area contributed by atoms with Gasteiger partial charge in [0.1, 0.15) is 11.3 Å². The van der Waals surface area contributed by atoms with Gasteiger partial charge >= 0.3 is 0 Å². The molecule has 6 heteroatoms. The van der Waals surface area contributed by atoms with Crippen molar-refractivity contribution in [2.75, 3.05) is 13.2 Å². The highest BCUT2D eigenvalue weighted by molar-refractivity contribution is 9.10. The number of amides is 1. The van der Waals surface area contributed by atoms with Gasteiger partial charge in [-0.3, -0.25) is 4.79 Å². The number of carbonyl (C=O) groups excluding carboxylic acids is 1. The highest BCUT2D eigenvalue weighted by Gasteiger charge is 2.31. The smallest absolute Gasteiger partial charge is 0.244 e. The van der Waals surface area contributed by atoms with E-state index in [1.165, 1.54) is 0 Å². The molecule has 0 saturated heterocycles. The maximum atomic E-state index is 12.6. The van der Waals surface area contributed by atoms with Crippen molar-refractivity contribution in [3.05, 3.63) is 64.1 Å². The second-order valence-electron chi connectivity index (χ2n) is 6.29. The Hall–Kier alpha value is -1.56. The Morgan fingerprint density at radius 3 is 2.68 bits per heavy atom. The SMILES string of the molecule is CC(N)(C(=O)NCC1CCOc2ccccc21)c1ccc(Br)cc1.Cl. The quantitative estimate of drug-likeness (QED) is 0.784. The Kier molecular flexibility index (Phi) is 6.49. The molecule has 2 aromatic carbocycles. The van der Waals surface area contributed by atoms with Crippen molar-refractivity contribution in [1.82, 2.24) is 5.32 Å². The number of carbonyl (C=O) groups is 1. The summed E-state index contributed by atoms with van der Waals surface area (Å²) in [4.78, 5) is 12.6. The highest BCUT2D eigenvalue weighted by Crippen LogP contribution is 2.33. The average molecular weight is 426 g/mol. The van der Waals surface area contributed by atoms with Crippen molar-refractivity contribution in [3.63, 3.8) is 0 Å². The summed E-state index contributed by atoms with van der Waals surface area (Å²) in [5.74, 6) is 0.986. The first-order valence-corrected chi connectivity index (χ1v) is 8.83. The molecule has 3 rings (SSSR count). The van der Waals surface area contributed by atoms with Crippen LogP contribution in [0.1, 0.15) is 30.4 Å². The highest BCUT2D eigenvalue weighted by atomic mass is 79.9. The molecule has 0 fully saturated rings. The van der Waals surface area contributed by atoms with E-state index in [-0.39, 0.29) is 24.2 Å². The monoisotopic (exact) mass is 424 g/mol. The van der Waals surface area contributed by atoms with Crippen LogP contribution < -0.4 is 15.8 Å². The zero-order valence-corrected chi connectivity index (χ0v) is 16.4. The first-order valence-electron chi connectivity index (χ1n) is 8.03. The van der Waals surface area contributed by atoms with Crippen LogP contribution in [0.5, 0.6) is 5.75 Å². The first-order chi connectivity index (χ1) is 11.5. The molecular formula is C19H22BrClN2O2. The van der Waals surface area contributed by atoms with Crippen molar-refractivity contribution in [3.8, 4) is 5.75 Å². The third kappa shape index (κ3) is 4.35. The Bertz CT molecular complexity index is 734. The number of para-hydroxylation sites is 1. The van der Waals surface area contributed by atoms with Gasteiger partial charge in [0.25, 0.3) is 0 Å². The van der Waals surface area contributed by atoms with E-state index in [0.717, 1.165) is 27.8 Å². The molecule has 1 aliphatic heterocycles. The van der Waals surface area contributed by atoms with Crippen LogP contribution in [0.2, 0.25) is 0 Å². The molecule has 1 heterocycles. The number of benzene rings is 2. The van der Waals surface area contributed by atoms with E-state index in [9.17, 15) is 4.79 Å². The summed E-state index contributed by atoms with van der Waals surface area (Å²) >= 11 is 3.39. The number of hydrogen-bond acceptors (Lipinski definition) is 3. The van der Waals surface area contributed by atoms with E-state index in [2.05, 4.69) is 27.3 Å². The van der Waals surface area contributed by atoms with Gasteiger partial charge in [-0.25, -0.2) is 0 Å². The van der Waals surface area contributed by atoms with Crippen molar-refractivity contribution in [2.45, 2.75) is 24.8 Å². The lowest BCUT2D eigenvalue weighted by molar-refractivity contribution is -0.126. The lowest BCUT2D eigenvalue weighted by atomic mass is 9.90.